The minimum atomic E-state index is 0.272. The van der Waals surface area contributed by atoms with Gasteiger partial charge in [-0.2, -0.15) is 0 Å². The Hall–Kier alpha value is -0.210. The average Bonchev–Trinajstić information content (AvgIpc) is 2.27. The Morgan fingerprint density at radius 2 is 2.12 bits per heavy atom. The van der Waals surface area contributed by atoms with E-state index in [4.69, 9.17) is 16.3 Å². The summed E-state index contributed by atoms with van der Waals surface area (Å²) in [5, 5.41) is 0.272. The number of ether oxygens (including phenoxy) is 1. The minimum Gasteiger partial charge on any atom is -0.496 e. The van der Waals surface area contributed by atoms with Crippen LogP contribution in [-0.4, -0.2) is 12.5 Å². The molecule has 0 fully saturated rings. The fourth-order valence-corrected chi connectivity index (χ4v) is 2.45. The predicted octanol–water partition coefficient (Wildman–Crippen LogP) is 4.80. The van der Waals surface area contributed by atoms with E-state index in [0.29, 0.717) is 0 Å². The van der Waals surface area contributed by atoms with E-state index in [1.54, 1.807) is 7.11 Å². The highest BCUT2D eigenvalue weighted by Crippen LogP contribution is 2.25. The maximum Gasteiger partial charge on any atom is 0.122 e. The minimum absolute atomic E-state index is 0.272. The maximum absolute atomic E-state index is 6.21. The molecule has 3 heteroatoms. The van der Waals surface area contributed by atoms with Gasteiger partial charge in [-0.25, -0.2) is 0 Å². The summed E-state index contributed by atoms with van der Waals surface area (Å²) in [6.45, 7) is 2.16. The topological polar surface area (TPSA) is 9.23 Å². The van der Waals surface area contributed by atoms with Gasteiger partial charge in [0.15, 0.2) is 0 Å². The molecule has 1 aromatic rings. The zero-order valence-electron chi connectivity index (χ0n) is 9.80. The molecule has 90 valence electrons. The van der Waals surface area contributed by atoms with E-state index in [1.165, 1.54) is 5.56 Å². The van der Waals surface area contributed by atoms with Gasteiger partial charge in [0, 0.05) is 9.85 Å². The molecule has 1 aromatic carbocycles. The average molecular weight is 306 g/mol. The van der Waals surface area contributed by atoms with E-state index in [1.807, 2.05) is 12.1 Å². The van der Waals surface area contributed by atoms with Gasteiger partial charge >= 0.3 is 0 Å². The first-order chi connectivity index (χ1) is 7.67. The summed E-state index contributed by atoms with van der Waals surface area (Å²) in [4.78, 5) is 0. The zero-order chi connectivity index (χ0) is 12.0. The molecule has 0 aliphatic heterocycles. The summed E-state index contributed by atoms with van der Waals surface area (Å²) in [5.74, 6) is 0.948. The molecule has 0 bridgehead atoms. The molecule has 1 nitrogen and oxygen atoms in total. The molecule has 0 saturated heterocycles. The van der Waals surface area contributed by atoms with Crippen molar-refractivity contribution in [2.45, 2.75) is 38.0 Å². The molecular formula is C13H18BrClO. The van der Waals surface area contributed by atoms with Crippen LogP contribution in [0.15, 0.2) is 22.7 Å². The molecular weight excluding hydrogens is 287 g/mol. The van der Waals surface area contributed by atoms with Crippen molar-refractivity contribution >= 4 is 27.5 Å². The number of benzene rings is 1. The number of methoxy groups -OCH3 is 1. The van der Waals surface area contributed by atoms with Crippen molar-refractivity contribution in [2.24, 2.45) is 0 Å². The van der Waals surface area contributed by atoms with Crippen LogP contribution < -0.4 is 4.74 Å². The Bertz CT molecular complexity index is 328. The van der Waals surface area contributed by atoms with E-state index in [-0.39, 0.29) is 5.38 Å². The summed E-state index contributed by atoms with van der Waals surface area (Å²) in [6, 6.07) is 6.09. The molecule has 16 heavy (non-hydrogen) atoms. The van der Waals surface area contributed by atoms with Crippen LogP contribution in [0, 0.1) is 0 Å². The third-order valence-electron chi connectivity index (χ3n) is 2.57. The molecule has 0 spiro atoms. The lowest BCUT2D eigenvalue weighted by Crippen LogP contribution is -2.01. The number of alkyl halides is 1. The van der Waals surface area contributed by atoms with Gasteiger partial charge in [0.05, 0.1) is 7.11 Å². The van der Waals surface area contributed by atoms with E-state index in [9.17, 15) is 0 Å². The van der Waals surface area contributed by atoms with Gasteiger partial charge in [-0.1, -0.05) is 29.3 Å². The van der Waals surface area contributed by atoms with Gasteiger partial charge < -0.3 is 4.74 Å². The second-order valence-electron chi connectivity index (χ2n) is 3.88. The van der Waals surface area contributed by atoms with Crippen molar-refractivity contribution in [3.8, 4) is 5.75 Å². The van der Waals surface area contributed by atoms with Crippen LogP contribution in [0.5, 0.6) is 5.75 Å². The quantitative estimate of drug-likeness (QED) is 0.686. The van der Waals surface area contributed by atoms with Gasteiger partial charge in [0.1, 0.15) is 5.75 Å². The highest BCUT2D eigenvalue weighted by molar-refractivity contribution is 9.10. The third kappa shape index (κ3) is 4.34. The molecule has 0 aliphatic carbocycles. The SMILES string of the molecule is CCCC(Cl)CCc1cc(Br)ccc1OC. The van der Waals surface area contributed by atoms with E-state index >= 15 is 0 Å². The Labute approximate surface area is 111 Å². The molecule has 0 aliphatic rings. The van der Waals surface area contributed by atoms with Crippen molar-refractivity contribution in [2.75, 3.05) is 7.11 Å². The van der Waals surface area contributed by atoms with Crippen molar-refractivity contribution in [3.05, 3.63) is 28.2 Å². The summed E-state index contributed by atoms with van der Waals surface area (Å²) in [7, 11) is 1.71. The summed E-state index contributed by atoms with van der Waals surface area (Å²) < 4.78 is 6.42. The Morgan fingerprint density at radius 3 is 2.75 bits per heavy atom. The molecule has 1 rings (SSSR count). The summed E-state index contributed by atoms with van der Waals surface area (Å²) in [5.41, 5.74) is 1.22. The number of rotatable bonds is 6. The van der Waals surface area contributed by atoms with E-state index < -0.39 is 0 Å². The number of hydrogen-bond acceptors (Lipinski definition) is 1. The first kappa shape index (κ1) is 13.9. The molecule has 0 aromatic heterocycles. The lowest BCUT2D eigenvalue weighted by molar-refractivity contribution is 0.408. The molecule has 1 unspecified atom stereocenters. The molecule has 0 heterocycles. The highest BCUT2D eigenvalue weighted by atomic mass is 79.9. The van der Waals surface area contributed by atoms with E-state index in [0.717, 1.165) is 35.9 Å². The number of aryl methyl sites for hydroxylation is 1. The van der Waals surface area contributed by atoms with Gasteiger partial charge in [-0.05, 0) is 43.0 Å². The Balaban J connectivity index is 2.61. The van der Waals surface area contributed by atoms with Crippen LogP contribution >= 0.6 is 27.5 Å². The van der Waals surface area contributed by atoms with Crippen LogP contribution in [0.25, 0.3) is 0 Å². The van der Waals surface area contributed by atoms with E-state index in [2.05, 4.69) is 28.9 Å². The molecule has 0 N–H and O–H groups in total. The first-order valence-electron chi connectivity index (χ1n) is 5.63. The molecule has 0 amide bonds. The smallest absolute Gasteiger partial charge is 0.122 e. The van der Waals surface area contributed by atoms with Crippen LogP contribution in [0.3, 0.4) is 0 Å². The highest BCUT2D eigenvalue weighted by Gasteiger charge is 2.07. The molecule has 0 saturated carbocycles. The van der Waals surface area contributed by atoms with Gasteiger partial charge in [0.25, 0.3) is 0 Å². The van der Waals surface area contributed by atoms with Crippen LogP contribution in [0.2, 0.25) is 0 Å². The van der Waals surface area contributed by atoms with Crippen molar-refractivity contribution in [1.29, 1.82) is 0 Å². The first-order valence-corrected chi connectivity index (χ1v) is 6.86. The van der Waals surface area contributed by atoms with Crippen molar-refractivity contribution in [1.82, 2.24) is 0 Å². The Kier molecular flexibility index (Phi) is 6.22. The lowest BCUT2D eigenvalue weighted by atomic mass is 10.1. The maximum atomic E-state index is 6.21. The summed E-state index contributed by atoms with van der Waals surface area (Å²) in [6.07, 6.45) is 4.20. The monoisotopic (exact) mass is 304 g/mol. The van der Waals surface area contributed by atoms with Gasteiger partial charge in [-0.15, -0.1) is 11.6 Å². The van der Waals surface area contributed by atoms with Crippen molar-refractivity contribution < 1.29 is 4.74 Å². The van der Waals surface area contributed by atoms with Crippen LogP contribution in [0.4, 0.5) is 0 Å². The predicted molar refractivity (Wildman–Crippen MR) is 73.6 cm³/mol. The standard InChI is InChI=1S/C13H18BrClO/c1-3-4-12(15)7-5-10-9-11(14)6-8-13(10)16-2/h6,8-9,12H,3-5,7H2,1-2H3. The van der Waals surface area contributed by atoms with Gasteiger partial charge in [-0.3, -0.25) is 0 Å². The normalized spacial score (nSPS) is 12.5. The molecule has 1 atom stereocenters. The number of hydrogen-bond donors (Lipinski definition) is 0. The Morgan fingerprint density at radius 1 is 1.38 bits per heavy atom. The van der Waals surface area contributed by atoms with Crippen LogP contribution in [-0.2, 0) is 6.42 Å². The van der Waals surface area contributed by atoms with Gasteiger partial charge in [0.2, 0.25) is 0 Å². The van der Waals surface area contributed by atoms with Crippen LogP contribution in [0.1, 0.15) is 31.7 Å². The fourth-order valence-electron chi connectivity index (χ4n) is 1.71. The fraction of sp³-hybridized carbons (Fsp3) is 0.538. The largest absolute Gasteiger partial charge is 0.496 e. The zero-order valence-corrected chi connectivity index (χ0v) is 12.1. The van der Waals surface area contributed by atoms with Crippen molar-refractivity contribution in [3.63, 3.8) is 0 Å². The third-order valence-corrected chi connectivity index (χ3v) is 3.50. The number of halogens is 2. The molecule has 0 radical (unpaired) electrons. The lowest BCUT2D eigenvalue weighted by Gasteiger charge is -2.11. The second-order valence-corrected chi connectivity index (χ2v) is 5.41. The summed E-state index contributed by atoms with van der Waals surface area (Å²) >= 11 is 9.69. The second kappa shape index (κ2) is 7.18.